The van der Waals surface area contributed by atoms with E-state index < -0.39 is 17.8 Å². The molecule has 2 aromatic rings. The van der Waals surface area contributed by atoms with Crippen LogP contribution in [-0.4, -0.2) is 24.5 Å². The first-order valence-corrected chi connectivity index (χ1v) is 10.0. The summed E-state index contributed by atoms with van der Waals surface area (Å²) < 4.78 is 6.57. The summed E-state index contributed by atoms with van der Waals surface area (Å²) in [5, 5.41) is 2.35. The number of hydrogen-bond acceptors (Lipinski definition) is 4. The van der Waals surface area contributed by atoms with Gasteiger partial charge in [0.05, 0.1) is 19.7 Å². The van der Waals surface area contributed by atoms with Gasteiger partial charge in [0.2, 0.25) is 0 Å². The smallest absolute Gasteiger partial charge is 0.335 e. The number of carbonyl (C=O) groups excluding carboxylic acids is 3. The highest BCUT2D eigenvalue weighted by atomic mass is 79.9. The summed E-state index contributed by atoms with van der Waals surface area (Å²) in [4.78, 5) is 38.3. The van der Waals surface area contributed by atoms with E-state index in [9.17, 15) is 14.4 Å². The number of carbonyl (C=O) groups is 3. The van der Waals surface area contributed by atoms with E-state index in [4.69, 9.17) is 22.8 Å². The molecule has 0 unspecified atom stereocenters. The van der Waals surface area contributed by atoms with Gasteiger partial charge in [0.1, 0.15) is 17.9 Å². The van der Waals surface area contributed by atoms with E-state index in [0.717, 1.165) is 4.90 Å². The lowest BCUT2D eigenvalue weighted by molar-refractivity contribution is -0.122. The Morgan fingerprint density at radius 2 is 1.83 bits per heavy atom. The zero-order valence-electron chi connectivity index (χ0n) is 14.5. The van der Waals surface area contributed by atoms with Gasteiger partial charge in [-0.15, -0.1) is 6.42 Å². The van der Waals surface area contributed by atoms with E-state index in [-0.39, 0.29) is 22.9 Å². The molecule has 1 aliphatic heterocycles. The second-order valence-electron chi connectivity index (χ2n) is 5.72. The Labute approximate surface area is 188 Å². The number of ether oxygens (including phenoxy) is 1. The largest absolute Gasteiger partial charge is 0.479 e. The van der Waals surface area contributed by atoms with Crippen LogP contribution in [0.4, 0.5) is 10.5 Å². The molecule has 1 heterocycles. The van der Waals surface area contributed by atoms with E-state index in [0.29, 0.717) is 20.3 Å². The van der Waals surface area contributed by atoms with Gasteiger partial charge in [-0.05, 0) is 67.8 Å². The molecule has 0 atom stereocenters. The molecule has 9 heteroatoms. The first-order chi connectivity index (χ1) is 13.8. The van der Waals surface area contributed by atoms with Crippen molar-refractivity contribution in [2.45, 2.75) is 0 Å². The Hall–Kier alpha value is -2.60. The minimum Gasteiger partial charge on any atom is -0.479 e. The van der Waals surface area contributed by atoms with Crippen LogP contribution in [0.15, 0.2) is 50.9 Å². The molecule has 146 valence electrons. The highest BCUT2D eigenvalue weighted by Crippen LogP contribution is 2.36. The Balaban J connectivity index is 2.01. The van der Waals surface area contributed by atoms with Crippen molar-refractivity contribution in [1.29, 1.82) is 0 Å². The Bertz CT molecular complexity index is 1080. The van der Waals surface area contributed by atoms with Crippen molar-refractivity contribution < 1.29 is 19.1 Å². The summed E-state index contributed by atoms with van der Waals surface area (Å²) in [5.74, 6) is 1.27. The fourth-order valence-corrected chi connectivity index (χ4v) is 4.26. The number of anilines is 1. The van der Waals surface area contributed by atoms with Crippen molar-refractivity contribution in [2.24, 2.45) is 0 Å². The number of imide groups is 2. The van der Waals surface area contributed by atoms with Crippen LogP contribution < -0.4 is 15.0 Å². The van der Waals surface area contributed by atoms with Gasteiger partial charge >= 0.3 is 6.03 Å². The van der Waals surface area contributed by atoms with Gasteiger partial charge in [-0.1, -0.05) is 29.7 Å². The number of amides is 4. The van der Waals surface area contributed by atoms with Crippen molar-refractivity contribution in [2.75, 3.05) is 11.5 Å². The number of rotatable bonds is 4. The second kappa shape index (κ2) is 8.82. The van der Waals surface area contributed by atoms with Gasteiger partial charge in [0, 0.05) is 0 Å². The number of terminal acetylenes is 1. The molecule has 3 rings (SSSR count). The first kappa shape index (κ1) is 21.1. The maximum absolute atomic E-state index is 12.9. The minimum absolute atomic E-state index is 0.0768. The van der Waals surface area contributed by atoms with Crippen molar-refractivity contribution >= 4 is 73.1 Å². The number of benzene rings is 2. The van der Waals surface area contributed by atoms with Crippen LogP contribution in [0, 0.1) is 12.3 Å². The number of hydrogen-bond donors (Lipinski definition) is 1. The summed E-state index contributed by atoms with van der Waals surface area (Å²) in [6.45, 7) is 0.0768. The SMILES string of the molecule is C#CCOc1c(Br)cc(/C=C2\C(=O)NC(=O)N(c3ccccc3Cl)C2=O)cc1Br. The highest BCUT2D eigenvalue weighted by Gasteiger charge is 2.37. The molecular weight excluding hydrogens is 527 g/mol. The monoisotopic (exact) mass is 536 g/mol. The molecule has 0 saturated carbocycles. The van der Waals surface area contributed by atoms with Gasteiger partial charge < -0.3 is 4.74 Å². The highest BCUT2D eigenvalue weighted by molar-refractivity contribution is 9.11. The third-order valence-electron chi connectivity index (χ3n) is 3.83. The lowest BCUT2D eigenvalue weighted by Gasteiger charge is -2.27. The molecule has 1 aliphatic rings. The average molecular weight is 539 g/mol. The summed E-state index contributed by atoms with van der Waals surface area (Å²) in [6.07, 6.45) is 6.57. The number of nitrogens with zero attached hydrogens (tertiary/aromatic N) is 1. The number of barbiturate groups is 1. The number of nitrogens with one attached hydrogen (secondary N) is 1. The van der Waals surface area contributed by atoms with Crippen LogP contribution in [-0.2, 0) is 9.59 Å². The quantitative estimate of drug-likeness (QED) is 0.352. The minimum atomic E-state index is -0.870. The molecule has 4 amide bonds. The molecule has 6 nitrogen and oxygen atoms in total. The van der Waals surface area contributed by atoms with Crippen LogP contribution in [0.3, 0.4) is 0 Å². The van der Waals surface area contributed by atoms with Crippen LogP contribution in [0.5, 0.6) is 5.75 Å². The molecule has 1 fully saturated rings. The van der Waals surface area contributed by atoms with Gasteiger partial charge in [0.25, 0.3) is 11.8 Å². The lowest BCUT2D eigenvalue weighted by atomic mass is 10.1. The summed E-state index contributed by atoms with van der Waals surface area (Å²) in [6, 6.07) is 8.79. The third-order valence-corrected chi connectivity index (χ3v) is 5.32. The van der Waals surface area contributed by atoms with Crippen LogP contribution in [0.1, 0.15) is 5.56 Å². The summed E-state index contributed by atoms with van der Waals surface area (Å²) in [5.41, 5.74) is 0.472. The molecule has 0 bridgehead atoms. The lowest BCUT2D eigenvalue weighted by Crippen LogP contribution is -2.54. The fraction of sp³-hybridized carbons (Fsp3) is 0.0500. The average Bonchev–Trinajstić information content (AvgIpc) is 2.66. The van der Waals surface area contributed by atoms with Crippen LogP contribution in [0.2, 0.25) is 5.02 Å². The number of urea groups is 1. The zero-order chi connectivity index (χ0) is 21.1. The van der Waals surface area contributed by atoms with Gasteiger partial charge in [-0.2, -0.15) is 0 Å². The molecule has 1 saturated heterocycles. The molecule has 1 N–H and O–H groups in total. The summed E-state index contributed by atoms with van der Waals surface area (Å²) in [7, 11) is 0. The molecular formula is C20H11Br2ClN2O4. The van der Waals surface area contributed by atoms with Gasteiger partial charge in [-0.3, -0.25) is 14.9 Å². The molecule has 0 spiro atoms. The molecule has 29 heavy (non-hydrogen) atoms. The predicted octanol–water partition coefficient (Wildman–Crippen LogP) is 4.54. The molecule has 2 aromatic carbocycles. The van der Waals surface area contributed by atoms with Crippen molar-refractivity contribution in [3.05, 3.63) is 61.5 Å². The Morgan fingerprint density at radius 1 is 1.17 bits per heavy atom. The molecule has 0 radical (unpaired) electrons. The number of para-hydroxylation sites is 1. The fourth-order valence-electron chi connectivity index (χ4n) is 2.59. The first-order valence-electron chi connectivity index (χ1n) is 8.04. The summed E-state index contributed by atoms with van der Waals surface area (Å²) >= 11 is 12.9. The van der Waals surface area contributed by atoms with Crippen molar-refractivity contribution in [3.63, 3.8) is 0 Å². The maximum Gasteiger partial charge on any atom is 0.335 e. The van der Waals surface area contributed by atoms with Gasteiger partial charge in [-0.25, -0.2) is 9.69 Å². The van der Waals surface area contributed by atoms with E-state index in [1.54, 1.807) is 30.3 Å². The molecule has 0 aromatic heterocycles. The standard InChI is InChI=1S/C20H11Br2ClN2O4/c1-2-7-29-17-13(21)9-11(10-14(17)22)8-12-18(26)24-20(28)25(19(12)27)16-6-4-3-5-15(16)23/h1,3-6,8-10H,7H2,(H,24,26,28)/b12-8+. The van der Waals surface area contributed by atoms with E-state index in [1.807, 2.05) is 0 Å². The normalized spacial score (nSPS) is 15.3. The van der Waals surface area contributed by atoms with Crippen LogP contribution >= 0.6 is 43.5 Å². The van der Waals surface area contributed by atoms with Crippen molar-refractivity contribution in [3.8, 4) is 18.1 Å². The zero-order valence-corrected chi connectivity index (χ0v) is 18.5. The molecule has 0 aliphatic carbocycles. The van der Waals surface area contributed by atoms with Crippen molar-refractivity contribution in [1.82, 2.24) is 5.32 Å². The number of halogens is 3. The van der Waals surface area contributed by atoms with E-state index in [1.165, 1.54) is 12.1 Å². The van der Waals surface area contributed by atoms with Gasteiger partial charge in [0.15, 0.2) is 0 Å². The van der Waals surface area contributed by atoms with Crippen LogP contribution in [0.25, 0.3) is 6.08 Å². The topological polar surface area (TPSA) is 75.7 Å². The maximum atomic E-state index is 12.9. The predicted molar refractivity (Wildman–Crippen MR) is 117 cm³/mol. The Kier molecular flexibility index (Phi) is 6.42. The second-order valence-corrected chi connectivity index (χ2v) is 7.83. The third kappa shape index (κ3) is 4.37. The Morgan fingerprint density at radius 3 is 2.45 bits per heavy atom. The van der Waals surface area contributed by atoms with E-state index >= 15 is 0 Å². The van der Waals surface area contributed by atoms with E-state index in [2.05, 4.69) is 43.1 Å².